The van der Waals surface area contributed by atoms with E-state index < -0.39 is 0 Å². The van der Waals surface area contributed by atoms with E-state index in [0.717, 1.165) is 27.1 Å². The maximum absolute atomic E-state index is 4.49. The molecule has 1 aromatic heterocycles. The van der Waals surface area contributed by atoms with Gasteiger partial charge in [-0.25, -0.2) is 9.97 Å². The highest BCUT2D eigenvalue weighted by atomic mass is 79.9. The molecule has 0 amide bonds. The van der Waals surface area contributed by atoms with Crippen LogP contribution in [-0.2, 0) is 5.75 Å². The summed E-state index contributed by atoms with van der Waals surface area (Å²) in [5.74, 6) is 2.72. The van der Waals surface area contributed by atoms with E-state index in [1.54, 1.807) is 0 Å². The van der Waals surface area contributed by atoms with Crippen LogP contribution in [0.2, 0.25) is 0 Å². The van der Waals surface area contributed by atoms with E-state index >= 15 is 0 Å². The van der Waals surface area contributed by atoms with Crippen LogP contribution in [0.15, 0.2) is 10.7 Å². The molecule has 1 saturated carbocycles. The highest BCUT2D eigenvalue weighted by molar-refractivity contribution is 9.10. The summed E-state index contributed by atoms with van der Waals surface area (Å²) in [5, 5.41) is 3.88. The van der Waals surface area contributed by atoms with Gasteiger partial charge < -0.3 is 5.32 Å². The van der Waals surface area contributed by atoms with E-state index in [4.69, 9.17) is 0 Å². The van der Waals surface area contributed by atoms with Gasteiger partial charge in [0.1, 0.15) is 11.6 Å². The second-order valence-corrected chi connectivity index (χ2v) is 6.45. The van der Waals surface area contributed by atoms with E-state index in [2.05, 4.69) is 31.2 Å². The predicted octanol–water partition coefficient (Wildman–Crippen LogP) is 3.85. The predicted molar refractivity (Wildman–Crippen MR) is 77.4 cm³/mol. The standard InChI is InChI=1S/C12H18BrN3S/c1-14-12-10(13)7-15-11(16-12)8-17-9-5-3-2-4-6-9/h7,9H,2-6,8H2,1H3,(H,14,15,16). The highest BCUT2D eigenvalue weighted by Gasteiger charge is 2.14. The first-order valence-electron chi connectivity index (χ1n) is 6.10. The molecule has 1 aromatic rings. The molecule has 0 aliphatic heterocycles. The van der Waals surface area contributed by atoms with Crippen LogP contribution in [-0.4, -0.2) is 22.3 Å². The first-order valence-corrected chi connectivity index (χ1v) is 7.94. The fourth-order valence-corrected chi connectivity index (χ4v) is 3.65. The molecule has 0 saturated heterocycles. The third-order valence-corrected chi connectivity index (χ3v) is 4.98. The number of hydrogen-bond acceptors (Lipinski definition) is 4. The maximum Gasteiger partial charge on any atom is 0.143 e. The molecule has 0 radical (unpaired) electrons. The molecule has 0 atom stereocenters. The topological polar surface area (TPSA) is 37.8 Å². The second kappa shape index (κ2) is 6.59. The number of aromatic nitrogens is 2. The normalized spacial score (nSPS) is 17.1. The average molecular weight is 316 g/mol. The molecule has 5 heteroatoms. The van der Waals surface area contributed by atoms with E-state index in [1.165, 1.54) is 32.1 Å². The molecule has 17 heavy (non-hydrogen) atoms. The maximum atomic E-state index is 4.49. The summed E-state index contributed by atoms with van der Waals surface area (Å²) < 4.78 is 0.923. The smallest absolute Gasteiger partial charge is 0.143 e. The van der Waals surface area contributed by atoms with Crippen molar-refractivity contribution in [2.24, 2.45) is 0 Å². The van der Waals surface area contributed by atoms with Gasteiger partial charge in [0, 0.05) is 18.5 Å². The van der Waals surface area contributed by atoms with Gasteiger partial charge in [-0.3, -0.25) is 0 Å². The van der Waals surface area contributed by atoms with Crippen molar-refractivity contribution >= 4 is 33.5 Å². The summed E-state index contributed by atoms with van der Waals surface area (Å²) in [6, 6.07) is 0. The SMILES string of the molecule is CNc1nc(CSC2CCCCC2)ncc1Br. The zero-order chi connectivity index (χ0) is 12.1. The lowest BCUT2D eigenvalue weighted by molar-refractivity contribution is 0.516. The van der Waals surface area contributed by atoms with Crippen LogP contribution >= 0.6 is 27.7 Å². The van der Waals surface area contributed by atoms with Crippen molar-refractivity contribution in [2.75, 3.05) is 12.4 Å². The van der Waals surface area contributed by atoms with Crippen molar-refractivity contribution in [1.82, 2.24) is 9.97 Å². The fourth-order valence-electron chi connectivity index (χ4n) is 2.07. The molecular weight excluding hydrogens is 298 g/mol. The van der Waals surface area contributed by atoms with Crippen molar-refractivity contribution < 1.29 is 0 Å². The van der Waals surface area contributed by atoms with Gasteiger partial charge in [0.05, 0.1) is 10.2 Å². The lowest BCUT2D eigenvalue weighted by Gasteiger charge is -2.20. The molecule has 0 aromatic carbocycles. The molecule has 3 nitrogen and oxygen atoms in total. The Morgan fingerprint density at radius 3 is 2.88 bits per heavy atom. The Labute approximate surface area is 115 Å². The minimum absolute atomic E-state index is 0.814. The molecule has 1 aliphatic carbocycles. The molecule has 0 spiro atoms. The number of anilines is 1. The number of nitrogens with zero attached hydrogens (tertiary/aromatic N) is 2. The molecule has 0 unspecified atom stereocenters. The van der Waals surface area contributed by atoms with Crippen LogP contribution < -0.4 is 5.32 Å². The van der Waals surface area contributed by atoms with Gasteiger partial charge in [-0.05, 0) is 28.8 Å². The highest BCUT2D eigenvalue weighted by Crippen LogP contribution is 2.30. The average Bonchev–Trinajstić information content (AvgIpc) is 2.39. The summed E-state index contributed by atoms with van der Waals surface area (Å²) >= 11 is 5.43. The van der Waals surface area contributed by atoms with E-state index in [-0.39, 0.29) is 0 Å². The molecule has 1 N–H and O–H groups in total. The number of nitrogens with one attached hydrogen (secondary N) is 1. The van der Waals surface area contributed by atoms with Crippen LogP contribution in [0.4, 0.5) is 5.82 Å². The van der Waals surface area contributed by atoms with Gasteiger partial charge in [-0.2, -0.15) is 11.8 Å². The largest absolute Gasteiger partial charge is 0.372 e. The van der Waals surface area contributed by atoms with Crippen LogP contribution in [0.5, 0.6) is 0 Å². The summed E-state index contributed by atoms with van der Waals surface area (Å²) in [6.45, 7) is 0. The van der Waals surface area contributed by atoms with Crippen LogP contribution in [0.25, 0.3) is 0 Å². The number of halogens is 1. The van der Waals surface area contributed by atoms with Gasteiger partial charge in [-0.15, -0.1) is 0 Å². The monoisotopic (exact) mass is 315 g/mol. The summed E-state index contributed by atoms with van der Waals surface area (Å²) in [4.78, 5) is 8.84. The van der Waals surface area contributed by atoms with E-state index in [9.17, 15) is 0 Å². The van der Waals surface area contributed by atoms with Crippen LogP contribution in [0, 0.1) is 0 Å². The molecule has 1 fully saturated rings. The molecule has 1 aliphatic rings. The first kappa shape index (κ1) is 13.1. The summed E-state index contributed by atoms with van der Waals surface area (Å²) in [7, 11) is 1.88. The fraction of sp³-hybridized carbons (Fsp3) is 0.667. The van der Waals surface area contributed by atoms with Gasteiger partial charge in [0.2, 0.25) is 0 Å². The van der Waals surface area contributed by atoms with Crippen molar-refractivity contribution in [3.8, 4) is 0 Å². The van der Waals surface area contributed by atoms with E-state index in [1.807, 2.05) is 25.0 Å². The molecule has 0 bridgehead atoms. The Morgan fingerprint density at radius 2 is 2.18 bits per heavy atom. The summed E-state index contributed by atoms with van der Waals surface area (Å²) in [5.41, 5.74) is 0. The van der Waals surface area contributed by atoms with E-state index in [0.29, 0.717) is 0 Å². The Balaban J connectivity index is 1.89. The Bertz CT molecular complexity index is 367. The molecule has 1 heterocycles. The minimum atomic E-state index is 0.814. The summed E-state index contributed by atoms with van der Waals surface area (Å²) in [6.07, 6.45) is 8.74. The minimum Gasteiger partial charge on any atom is -0.372 e. The Hall–Kier alpha value is -0.290. The van der Waals surface area contributed by atoms with Crippen molar-refractivity contribution in [2.45, 2.75) is 43.1 Å². The Morgan fingerprint density at radius 1 is 1.41 bits per heavy atom. The molecule has 94 valence electrons. The number of hydrogen-bond donors (Lipinski definition) is 1. The third kappa shape index (κ3) is 3.85. The molecule has 2 rings (SSSR count). The van der Waals surface area contributed by atoms with Crippen molar-refractivity contribution in [3.05, 3.63) is 16.5 Å². The second-order valence-electron chi connectivity index (χ2n) is 4.30. The quantitative estimate of drug-likeness (QED) is 0.916. The van der Waals surface area contributed by atoms with Gasteiger partial charge in [-0.1, -0.05) is 19.3 Å². The van der Waals surface area contributed by atoms with Crippen LogP contribution in [0.3, 0.4) is 0 Å². The van der Waals surface area contributed by atoms with Crippen LogP contribution in [0.1, 0.15) is 37.9 Å². The zero-order valence-corrected chi connectivity index (χ0v) is 12.5. The third-order valence-electron chi connectivity index (χ3n) is 3.03. The number of thioether (sulfide) groups is 1. The van der Waals surface area contributed by atoms with Gasteiger partial charge >= 0.3 is 0 Å². The lowest BCUT2D eigenvalue weighted by atomic mass is 10.0. The lowest BCUT2D eigenvalue weighted by Crippen LogP contribution is -2.09. The molecular formula is C12H18BrN3S. The first-order chi connectivity index (χ1) is 8.29. The van der Waals surface area contributed by atoms with Gasteiger partial charge in [0.15, 0.2) is 0 Å². The zero-order valence-electron chi connectivity index (χ0n) is 10.1. The van der Waals surface area contributed by atoms with Crippen molar-refractivity contribution in [3.63, 3.8) is 0 Å². The van der Waals surface area contributed by atoms with Crippen molar-refractivity contribution in [1.29, 1.82) is 0 Å². The van der Waals surface area contributed by atoms with Gasteiger partial charge in [0.25, 0.3) is 0 Å². The Kier molecular flexibility index (Phi) is 5.10. The number of rotatable bonds is 4.